The van der Waals surface area contributed by atoms with Gasteiger partial charge in [0.25, 0.3) is 5.91 Å². The number of hydrogen-bond acceptors (Lipinski definition) is 2. The number of nitrogens with zero attached hydrogens (tertiary/aromatic N) is 1. The summed E-state index contributed by atoms with van der Waals surface area (Å²) in [4.78, 5) is 16.5. The molecule has 0 aromatic carbocycles. The van der Waals surface area contributed by atoms with Gasteiger partial charge in [-0.25, -0.2) is 0 Å². The van der Waals surface area contributed by atoms with Gasteiger partial charge in [0.2, 0.25) is 0 Å². The molecule has 1 spiro atoms. The normalized spacial score (nSPS) is 43.1. The Balaban J connectivity index is 1.80. The third-order valence-corrected chi connectivity index (χ3v) is 4.32. The SMILES string of the molecule is CCCN=C1NC(=O)C2(CC3CCC2C3)N1. The molecule has 4 heteroatoms. The van der Waals surface area contributed by atoms with E-state index < -0.39 is 0 Å². The van der Waals surface area contributed by atoms with Crippen molar-refractivity contribution in [3.8, 4) is 0 Å². The van der Waals surface area contributed by atoms with E-state index in [0.29, 0.717) is 11.9 Å². The van der Waals surface area contributed by atoms with Gasteiger partial charge in [0.1, 0.15) is 5.54 Å². The average molecular weight is 221 g/mol. The van der Waals surface area contributed by atoms with Crippen molar-refractivity contribution in [1.29, 1.82) is 0 Å². The third kappa shape index (κ3) is 1.28. The molecule has 0 radical (unpaired) electrons. The summed E-state index contributed by atoms with van der Waals surface area (Å²) < 4.78 is 0. The van der Waals surface area contributed by atoms with Crippen LogP contribution in [-0.4, -0.2) is 24.0 Å². The molecule has 3 aliphatic rings. The van der Waals surface area contributed by atoms with E-state index in [1.54, 1.807) is 0 Å². The Bertz CT molecular complexity index is 352. The fourth-order valence-corrected chi connectivity index (χ4v) is 3.58. The van der Waals surface area contributed by atoms with Crippen molar-refractivity contribution in [2.75, 3.05) is 6.54 Å². The fourth-order valence-electron chi connectivity index (χ4n) is 3.58. The van der Waals surface area contributed by atoms with Gasteiger partial charge in [-0.1, -0.05) is 6.92 Å². The largest absolute Gasteiger partial charge is 0.341 e. The molecule has 3 fully saturated rings. The Kier molecular flexibility index (Phi) is 2.19. The third-order valence-electron chi connectivity index (χ3n) is 4.32. The van der Waals surface area contributed by atoms with E-state index in [2.05, 4.69) is 22.5 Å². The summed E-state index contributed by atoms with van der Waals surface area (Å²) in [5.74, 6) is 2.16. The number of carbonyl (C=O) groups is 1. The molecule has 88 valence electrons. The highest BCUT2D eigenvalue weighted by Crippen LogP contribution is 2.51. The standard InChI is InChI=1S/C12H19N3O/c1-2-5-13-11-14-10(16)12(15-11)7-8-3-4-9(12)6-8/h8-9H,2-7H2,1H3,(H2,13,14,15,16). The second-order valence-electron chi connectivity index (χ2n) is 5.36. The minimum Gasteiger partial charge on any atom is -0.341 e. The monoisotopic (exact) mass is 221 g/mol. The van der Waals surface area contributed by atoms with Gasteiger partial charge >= 0.3 is 0 Å². The lowest BCUT2D eigenvalue weighted by atomic mass is 9.81. The molecule has 2 aliphatic carbocycles. The molecule has 3 atom stereocenters. The average Bonchev–Trinajstić information content (AvgIpc) is 2.92. The van der Waals surface area contributed by atoms with Gasteiger partial charge < -0.3 is 5.32 Å². The molecule has 0 aromatic heterocycles. The highest BCUT2D eigenvalue weighted by Gasteiger charge is 2.58. The van der Waals surface area contributed by atoms with Gasteiger partial charge in [-0.15, -0.1) is 0 Å². The van der Waals surface area contributed by atoms with E-state index in [1.807, 2.05) is 0 Å². The van der Waals surface area contributed by atoms with Gasteiger partial charge in [0.05, 0.1) is 0 Å². The molecule has 4 nitrogen and oxygen atoms in total. The quantitative estimate of drug-likeness (QED) is 0.731. The minimum atomic E-state index is -0.296. The summed E-state index contributed by atoms with van der Waals surface area (Å²) in [6.45, 7) is 2.88. The fraction of sp³-hybridized carbons (Fsp3) is 0.833. The second-order valence-corrected chi connectivity index (χ2v) is 5.36. The number of nitrogens with one attached hydrogen (secondary N) is 2. The maximum absolute atomic E-state index is 12.1. The predicted octanol–water partition coefficient (Wildman–Crippen LogP) is 1.03. The van der Waals surface area contributed by atoms with Crippen LogP contribution in [0.25, 0.3) is 0 Å². The van der Waals surface area contributed by atoms with Gasteiger partial charge in [-0.05, 0) is 43.9 Å². The summed E-state index contributed by atoms with van der Waals surface area (Å²) >= 11 is 0. The number of amides is 1. The maximum Gasteiger partial charge on any atom is 0.252 e. The Labute approximate surface area is 95.9 Å². The van der Waals surface area contributed by atoms with Crippen LogP contribution in [0.4, 0.5) is 0 Å². The lowest BCUT2D eigenvalue weighted by Crippen LogP contribution is -2.51. The Morgan fingerprint density at radius 2 is 2.38 bits per heavy atom. The van der Waals surface area contributed by atoms with Crippen molar-refractivity contribution >= 4 is 11.9 Å². The molecule has 2 saturated carbocycles. The van der Waals surface area contributed by atoms with Crippen molar-refractivity contribution in [2.24, 2.45) is 16.8 Å². The van der Waals surface area contributed by atoms with Crippen LogP contribution in [-0.2, 0) is 4.79 Å². The van der Waals surface area contributed by atoms with E-state index >= 15 is 0 Å². The lowest BCUT2D eigenvalue weighted by Gasteiger charge is -2.30. The Hall–Kier alpha value is -1.06. The number of rotatable bonds is 2. The number of hydrogen-bond donors (Lipinski definition) is 2. The van der Waals surface area contributed by atoms with Crippen LogP contribution in [0.3, 0.4) is 0 Å². The van der Waals surface area contributed by atoms with Crippen LogP contribution >= 0.6 is 0 Å². The van der Waals surface area contributed by atoms with Crippen molar-refractivity contribution in [3.63, 3.8) is 0 Å². The van der Waals surface area contributed by atoms with Crippen molar-refractivity contribution < 1.29 is 4.79 Å². The highest BCUT2D eigenvalue weighted by atomic mass is 16.2. The van der Waals surface area contributed by atoms with E-state index in [0.717, 1.165) is 25.3 Å². The van der Waals surface area contributed by atoms with Crippen molar-refractivity contribution in [3.05, 3.63) is 0 Å². The smallest absolute Gasteiger partial charge is 0.252 e. The number of carbonyl (C=O) groups excluding carboxylic acids is 1. The summed E-state index contributed by atoms with van der Waals surface area (Å²) in [6, 6.07) is 0. The molecule has 0 aromatic rings. The molecular weight excluding hydrogens is 202 g/mol. The van der Waals surface area contributed by atoms with Crippen LogP contribution in [0, 0.1) is 11.8 Å². The topological polar surface area (TPSA) is 53.5 Å². The molecule has 2 bridgehead atoms. The first-order valence-electron chi connectivity index (χ1n) is 6.38. The molecule has 16 heavy (non-hydrogen) atoms. The first-order valence-corrected chi connectivity index (χ1v) is 6.38. The van der Waals surface area contributed by atoms with Gasteiger partial charge in [0, 0.05) is 6.54 Å². The van der Waals surface area contributed by atoms with E-state index in [1.165, 1.54) is 19.3 Å². The van der Waals surface area contributed by atoms with Crippen LogP contribution in [0.15, 0.2) is 4.99 Å². The second kappa shape index (κ2) is 3.47. The van der Waals surface area contributed by atoms with E-state index in [-0.39, 0.29) is 11.4 Å². The maximum atomic E-state index is 12.1. The Morgan fingerprint density at radius 3 is 3.00 bits per heavy atom. The summed E-state index contributed by atoms with van der Waals surface area (Å²) in [5.41, 5.74) is -0.296. The molecule has 1 saturated heterocycles. The molecule has 3 unspecified atom stereocenters. The summed E-state index contributed by atoms with van der Waals surface area (Å²) in [7, 11) is 0. The van der Waals surface area contributed by atoms with Crippen molar-refractivity contribution in [2.45, 2.75) is 44.6 Å². The van der Waals surface area contributed by atoms with Crippen LogP contribution < -0.4 is 10.6 Å². The predicted molar refractivity (Wildman–Crippen MR) is 62.1 cm³/mol. The molecule has 1 heterocycles. The zero-order valence-corrected chi connectivity index (χ0v) is 9.75. The van der Waals surface area contributed by atoms with E-state index in [4.69, 9.17) is 0 Å². The number of aliphatic imine (C=N–C) groups is 1. The molecule has 1 aliphatic heterocycles. The van der Waals surface area contributed by atoms with Gasteiger partial charge in [-0.2, -0.15) is 0 Å². The van der Waals surface area contributed by atoms with Gasteiger partial charge in [-0.3, -0.25) is 15.1 Å². The first kappa shape index (κ1) is 10.1. The summed E-state index contributed by atoms with van der Waals surface area (Å²) in [6.07, 6.45) is 5.76. The molecular formula is C12H19N3O. The number of fused-ring (bicyclic) bond motifs is 3. The lowest BCUT2D eigenvalue weighted by molar-refractivity contribution is -0.125. The first-order chi connectivity index (χ1) is 7.74. The Morgan fingerprint density at radius 1 is 1.50 bits per heavy atom. The summed E-state index contributed by atoms with van der Waals surface area (Å²) in [5, 5.41) is 6.28. The zero-order chi connectivity index (χ0) is 11.2. The molecule has 3 rings (SSSR count). The highest BCUT2D eigenvalue weighted by molar-refractivity contribution is 6.09. The zero-order valence-electron chi connectivity index (χ0n) is 9.75. The van der Waals surface area contributed by atoms with Crippen LogP contribution in [0.1, 0.15) is 39.0 Å². The van der Waals surface area contributed by atoms with Crippen LogP contribution in [0.5, 0.6) is 0 Å². The molecule has 2 N–H and O–H groups in total. The van der Waals surface area contributed by atoms with Gasteiger partial charge in [0.15, 0.2) is 5.96 Å². The minimum absolute atomic E-state index is 0.162. The molecule has 1 amide bonds. The number of guanidine groups is 1. The van der Waals surface area contributed by atoms with Crippen LogP contribution in [0.2, 0.25) is 0 Å². The van der Waals surface area contributed by atoms with E-state index in [9.17, 15) is 4.79 Å². The van der Waals surface area contributed by atoms with Crippen molar-refractivity contribution in [1.82, 2.24) is 10.6 Å².